The molecule has 1 saturated heterocycles. The van der Waals surface area contributed by atoms with Gasteiger partial charge >= 0.3 is 0 Å². The fourth-order valence-electron chi connectivity index (χ4n) is 2.80. The molecule has 3 nitrogen and oxygen atoms in total. The van der Waals surface area contributed by atoms with Gasteiger partial charge in [-0.1, -0.05) is 20.3 Å². The highest BCUT2D eigenvalue weighted by atomic mass is 16.5. The Kier molecular flexibility index (Phi) is 7.09. The van der Waals surface area contributed by atoms with Gasteiger partial charge in [0.05, 0.1) is 0 Å². The second kappa shape index (κ2) is 8.06. The van der Waals surface area contributed by atoms with Crippen LogP contribution in [0.1, 0.15) is 46.5 Å². The summed E-state index contributed by atoms with van der Waals surface area (Å²) >= 11 is 0. The predicted octanol–water partition coefficient (Wildman–Crippen LogP) is 2.26. The number of nitrogens with one attached hydrogen (secondary N) is 1. The molecule has 1 fully saturated rings. The molecule has 0 saturated carbocycles. The summed E-state index contributed by atoms with van der Waals surface area (Å²) in [5.41, 5.74) is 0. The van der Waals surface area contributed by atoms with Crippen LogP contribution in [-0.2, 0) is 4.74 Å². The van der Waals surface area contributed by atoms with Crippen LogP contribution in [0, 0.1) is 0 Å². The molecule has 3 atom stereocenters. The minimum atomic E-state index is 0.640. The fraction of sp³-hybridized carbons (Fsp3) is 1.00. The van der Waals surface area contributed by atoms with E-state index in [1.807, 2.05) is 0 Å². The molecule has 3 heteroatoms. The van der Waals surface area contributed by atoms with E-state index < -0.39 is 0 Å². The van der Waals surface area contributed by atoms with Crippen molar-refractivity contribution in [3.8, 4) is 0 Å². The Hall–Kier alpha value is -0.120. The third-order valence-corrected chi connectivity index (χ3v) is 3.96. The Morgan fingerprint density at radius 2 is 2.18 bits per heavy atom. The Morgan fingerprint density at radius 1 is 1.41 bits per heavy atom. The topological polar surface area (TPSA) is 24.5 Å². The normalized spacial score (nSPS) is 28.2. The van der Waals surface area contributed by atoms with Crippen molar-refractivity contribution < 1.29 is 4.74 Å². The molecule has 1 aliphatic heterocycles. The van der Waals surface area contributed by atoms with E-state index in [0.29, 0.717) is 18.1 Å². The molecule has 1 N–H and O–H groups in total. The summed E-state index contributed by atoms with van der Waals surface area (Å²) in [6, 6.07) is 2.03. The summed E-state index contributed by atoms with van der Waals surface area (Å²) < 4.78 is 5.20. The molecule has 0 aliphatic carbocycles. The number of piperazine rings is 1. The number of methoxy groups -OCH3 is 1. The number of hydrogen-bond acceptors (Lipinski definition) is 3. The molecule has 102 valence electrons. The molecule has 0 radical (unpaired) electrons. The molecule has 1 aliphatic rings. The highest BCUT2D eigenvalue weighted by molar-refractivity contribution is 4.87. The van der Waals surface area contributed by atoms with E-state index in [0.717, 1.165) is 19.6 Å². The molecule has 0 bridgehead atoms. The molecule has 0 amide bonds. The minimum Gasteiger partial charge on any atom is -0.385 e. The standard InChI is InChI=1S/C14H30N2O/c1-5-7-13-11-16(12(3)8-9-17-4)14(6-2)10-15-13/h12-15H,5-11H2,1-4H3. The number of rotatable bonds is 7. The van der Waals surface area contributed by atoms with Crippen molar-refractivity contribution in [2.24, 2.45) is 0 Å². The van der Waals surface area contributed by atoms with Crippen LogP contribution in [0.5, 0.6) is 0 Å². The number of hydrogen-bond donors (Lipinski definition) is 1. The fourth-order valence-corrected chi connectivity index (χ4v) is 2.80. The maximum absolute atomic E-state index is 5.20. The molecule has 1 rings (SSSR count). The van der Waals surface area contributed by atoms with Gasteiger partial charge in [0.15, 0.2) is 0 Å². The van der Waals surface area contributed by atoms with E-state index in [1.54, 1.807) is 7.11 Å². The maximum atomic E-state index is 5.20. The minimum absolute atomic E-state index is 0.640. The first kappa shape index (κ1) is 14.9. The van der Waals surface area contributed by atoms with Crippen LogP contribution in [0.4, 0.5) is 0 Å². The van der Waals surface area contributed by atoms with Crippen molar-refractivity contribution in [2.45, 2.75) is 64.6 Å². The maximum Gasteiger partial charge on any atom is 0.0477 e. The largest absolute Gasteiger partial charge is 0.385 e. The van der Waals surface area contributed by atoms with E-state index in [1.165, 1.54) is 25.8 Å². The third-order valence-electron chi connectivity index (χ3n) is 3.96. The predicted molar refractivity (Wildman–Crippen MR) is 73.4 cm³/mol. The van der Waals surface area contributed by atoms with Gasteiger partial charge in [-0.15, -0.1) is 0 Å². The van der Waals surface area contributed by atoms with Crippen LogP contribution in [0.15, 0.2) is 0 Å². The van der Waals surface area contributed by atoms with Gasteiger partial charge in [-0.25, -0.2) is 0 Å². The van der Waals surface area contributed by atoms with Gasteiger partial charge in [0.2, 0.25) is 0 Å². The average molecular weight is 242 g/mol. The Bertz CT molecular complexity index is 199. The second-order valence-electron chi connectivity index (χ2n) is 5.28. The van der Waals surface area contributed by atoms with Crippen molar-refractivity contribution in [1.29, 1.82) is 0 Å². The average Bonchev–Trinajstić information content (AvgIpc) is 2.36. The van der Waals surface area contributed by atoms with Gasteiger partial charge in [-0.05, 0) is 26.2 Å². The zero-order valence-corrected chi connectivity index (χ0v) is 12.0. The lowest BCUT2D eigenvalue weighted by molar-refractivity contribution is 0.0641. The first-order valence-corrected chi connectivity index (χ1v) is 7.20. The molecular weight excluding hydrogens is 212 g/mol. The smallest absolute Gasteiger partial charge is 0.0477 e. The summed E-state index contributed by atoms with van der Waals surface area (Å²) in [7, 11) is 1.79. The van der Waals surface area contributed by atoms with E-state index in [4.69, 9.17) is 4.74 Å². The van der Waals surface area contributed by atoms with Crippen LogP contribution in [0.25, 0.3) is 0 Å². The number of nitrogens with zero attached hydrogens (tertiary/aromatic N) is 1. The first-order valence-electron chi connectivity index (χ1n) is 7.20. The van der Waals surface area contributed by atoms with Crippen molar-refractivity contribution in [1.82, 2.24) is 10.2 Å². The van der Waals surface area contributed by atoms with Crippen molar-refractivity contribution >= 4 is 0 Å². The molecule has 0 aromatic carbocycles. The first-order chi connectivity index (χ1) is 8.22. The van der Waals surface area contributed by atoms with Crippen LogP contribution >= 0.6 is 0 Å². The molecule has 3 unspecified atom stereocenters. The van der Waals surface area contributed by atoms with E-state index >= 15 is 0 Å². The van der Waals surface area contributed by atoms with E-state index in [-0.39, 0.29) is 0 Å². The summed E-state index contributed by atoms with van der Waals surface area (Å²) in [6.45, 7) is 10.1. The third kappa shape index (κ3) is 4.57. The summed E-state index contributed by atoms with van der Waals surface area (Å²) in [5.74, 6) is 0. The van der Waals surface area contributed by atoms with Gasteiger partial charge < -0.3 is 10.1 Å². The van der Waals surface area contributed by atoms with Gasteiger partial charge in [-0.2, -0.15) is 0 Å². The van der Waals surface area contributed by atoms with Crippen LogP contribution in [-0.4, -0.2) is 49.8 Å². The molecular formula is C14H30N2O. The SMILES string of the molecule is CCCC1CN(C(C)CCOC)C(CC)CN1. The molecule has 1 heterocycles. The summed E-state index contributed by atoms with van der Waals surface area (Å²) in [5, 5.41) is 3.69. The highest BCUT2D eigenvalue weighted by Crippen LogP contribution is 2.18. The van der Waals surface area contributed by atoms with Gasteiger partial charge in [0.1, 0.15) is 0 Å². The Morgan fingerprint density at radius 3 is 2.76 bits per heavy atom. The van der Waals surface area contributed by atoms with Gasteiger partial charge in [0.25, 0.3) is 0 Å². The van der Waals surface area contributed by atoms with Crippen molar-refractivity contribution in [2.75, 3.05) is 26.8 Å². The summed E-state index contributed by atoms with van der Waals surface area (Å²) in [4.78, 5) is 2.69. The molecule has 0 spiro atoms. The van der Waals surface area contributed by atoms with Crippen molar-refractivity contribution in [3.05, 3.63) is 0 Å². The molecule has 0 aromatic heterocycles. The lowest BCUT2D eigenvalue weighted by Crippen LogP contribution is -2.58. The Labute approximate surface area is 107 Å². The summed E-state index contributed by atoms with van der Waals surface area (Å²) in [6.07, 6.45) is 4.95. The second-order valence-corrected chi connectivity index (χ2v) is 5.28. The lowest BCUT2D eigenvalue weighted by atomic mass is 10.0. The van der Waals surface area contributed by atoms with E-state index in [2.05, 4.69) is 31.0 Å². The zero-order valence-electron chi connectivity index (χ0n) is 12.0. The van der Waals surface area contributed by atoms with Crippen LogP contribution < -0.4 is 5.32 Å². The monoisotopic (exact) mass is 242 g/mol. The quantitative estimate of drug-likeness (QED) is 0.741. The van der Waals surface area contributed by atoms with Crippen molar-refractivity contribution in [3.63, 3.8) is 0 Å². The molecule has 17 heavy (non-hydrogen) atoms. The van der Waals surface area contributed by atoms with Crippen LogP contribution in [0.2, 0.25) is 0 Å². The lowest BCUT2D eigenvalue weighted by Gasteiger charge is -2.43. The number of ether oxygens (including phenoxy) is 1. The van der Waals surface area contributed by atoms with Crippen LogP contribution in [0.3, 0.4) is 0 Å². The highest BCUT2D eigenvalue weighted by Gasteiger charge is 2.29. The van der Waals surface area contributed by atoms with E-state index in [9.17, 15) is 0 Å². The molecule has 0 aromatic rings. The zero-order chi connectivity index (χ0) is 12.7. The van der Waals surface area contributed by atoms with Gasteiger partial charge in [-0.3, -0.25) is 4.90 Å². The van der Waals surface area contributed by atoms with Gasteiger partial charge in [0, 0.05) is 44.9 Å². The Balaban J connectivity index is 2.49.